The van der Waals surface area contributed by atoms with E-state index in [1.165, 1.54) is 0 Å². The minimum absolute atomic E-state index is 1.60. The maximum atomic E-state index is 14.0. The SMILES string of the molecule is CN(C)S(F)(N(C)C)N(C)C. The summed E-state index contributed by atoms with van der Waals surface area (Å²) in [6, 6.07) is 0. The molecule has 0 saturated heterocycles. The first kappa shape index (κ1) is 11.2. The van der Waals surface area contributed by atoms with Gasteiger partial charge in [-0.15, -0.1) is 3.89 Å². The Morgan fingerprint density at radius 3 is 0.909 bits per heavy atom. The molecular weight excluding hydrogens is 165 g/mol. The van der Waals surface area contributed by atoms with Crippen molar-refractivity contribution in [2.45, 2.75) is 0 Å². The van der Waals surface area contributed by atoms with Crippen molar-refractivity contribution in [3.05, 3.63) is 0 Å². The molecule has 0 aromatic rings. The molecule has 0 N–H and O–H groups in total. The molecule has 5 heteroatoms. The summed E-state index contributed by atoms with van der Waals surface area (Å²) in [7, 11) is 8.08. The zero-order valence-electron chi connectivity index (χ0n) is 8.13. The van der Waals surface area contributed by atoms with E-state index < -0.39 is 11.0 Å². The van der Waals surface area contributed by atoms with Crippen LogP contribution >= 0.6 is 11.0 Å². The van der Waals surface area contributed by atoms with Crippen molar-refractivity contribution in [2.24, 2.45) is 0 Å². The summed E-state index contributed by atoms with van der Waals surface area (Å²) < 4.78 is 18.8. The van der Waals surface area contributed by atoms with Crippen molar-refractivity contribution in [1.82, 2.24) is 12.9 Å². The molecular formula is C6H18FN3S. The summed E-state index contributed by atoms with van der Waals surface area (Å²) in [4.78, 5) is 0. The van der Waals surface area contributed by atoms with Crippen LogP contribution in [-0.2, 0) is 0 Å². The van der Waals surface area contributed by atoms with Gasteiger partial charge >= 0.3 is 0 Å². The van der Waals surface area contributed by atoms with Crippen LogP contribution in [0, 0.1) is 0 Å². The average molecular weight is 183 g/mol. The molecule has 0 aliphatic carbocycles. The first-order valence-corrected chi connectivity index (χ1v) is 4.79. The highest BCUT2D eigenvalue weighted by atomic mass is 32.3. The first-order valence-electron chi connectivity index (χ1n) is 3.39. The van der Waals surface area contributed by atoms with Gasteiger partial charge in [0.15, 0.2) is 0 Å². The Hall–Kier alpha value is 0.160. The van der Waals surface area contributed by atoms with E-state index in [9.17, 15) is 3.89 Å². The second kappa shape index (κ2) is 3.71. The van der Waals surface area contributed by atoms with Crippen molar-refractivity contribution >= 4 is 11.0 Å². The molecule has 0 atom stereocenters. The molecule has 0 bridgehead atoms. The molecule has 0 radical (unpaired) electrons. The van der Waals surface area contributed by atoms with Gasteiger partial charge in [-0.25, -0.2) is 12.9 Å². The summed E-state index contributed by atoms with van der Waals surface area (Å²) in [6.45, 7) is 0. The smallest absolute Gasteiger partial charge is 0.0895 e. The standard InChI is InChI=1S/C6H18FN3S/c1-8(2)11(7,9(3)4)10(5)6/h1-6H3. The van der Waals surface area contributed by atoms with Crippen LogP contribution in [0.3, 0.4) is 0 Å². The maximum Gasteiger partial charge on any atom is 0.0895 e. The van der Waals surface area contributed by atoms with E-state index in [2.05, 4.69) is 0 Å². The van der Waals surface area contributed by atoms with Crippen LogP contribution in [0.4, 0.5) is 3.89 Å². The van der Waals surface area contributed by atoms with Crippen molar-refractivity contribution < 1.29 is 3.89 Å². The lowest BCUT2D eigenvalue weighted by Gasteiger charge is -2.46. The number of hydrogen-bond donors (Lipinski definition) is 0. The van der Waals surface area contributed by atoms with Crippen LogP contribution in [0.15, 0.2) is 0 Å². The van der Waals surface area contributed by atoms with Gasteiger partial charge in [-0.05, 0) is 0 Å². The molecule has 70 valence electrons. The topological polar surface area (TPSA) is 9.72 Å². The molecule has 11 heavy (non-hydrogen) atoms. The lowest BCUT2D eigenvalue weighted by atomic mass is 11.2. The van der Waals surface area contributed by atoms with E-state index in [0.29, 0.717) is 0 Å². The quantitative estimate of drug-likeness (QED) is 0.649. The van der Waals surface area contributed by atoms with E-state index in [0.717, 1.165) is 0 Å². The molecule has 0 aromatic carbocycles. The molecule has 0 aromatic heterocycles. The van der Waals surface area contributed by atoms with Crippen LogP contribution < -0.4 is 0 Å². The van der Waals surface area contributed by atoms with E-state index in [1.54, 1.807) is 55.2 Å². The van der Waals surface area contributed by atoms with E-state index in [1.807, 2.05) is 0 Å². The molecule has 0 heterocycles. The normalized spacial score (nSPS) is 15.1. The predicted octanol–water partition coefficient (Wildman–Crippen LogP) is 1.11. The highest BCUT2D eigenvalue weighted by Crippen LogP contribution is 2.54. The van der Waals surface area contributed by atoms with E-state index >= 15 is 0 Å². The van der Waals surface area contributed by atoms with Gasteiger partial charge < -0.3 is 0 Å². The third-order valence-electron chi connectivity index (χ3n) is 1.39. The van der Waals surface area contributed by atoms with Crippen molar-refractivity contribution in [1.29, 1.82) is 0 Å². The monoisotopic (exact) mass is 183 g/mol. The highest BCUT2D eigenvalue weighted by molar-refractivity contribution is 8.23. The average Bonchev–Trinajstić information content (AvgIpc) is 1.84. The van der Waals surface area contributed by atoms with Gasteiger partial charge in [-0.2, -0.15) is 0 Å². The molecule has 0 saturated carbocycles. The van der Waals surface area contributed by atoms with Crippen molar-refractivity contribution in [2.75, 3.05) is 42.3 Å². The van der Waals surface area contributed by atoms with Gasteiger partial charge in [0.1, 0.15) is 0 Å². The Bertz CT molecular complexity index is 105. The first-order chi connectivity index (χ1) is 4.83. The van der Waals surface area contributed by atoms with Gasteiger partial charge in [0, 0.05) is 42.3 Å². The summed E-state index contributed by atoms with van der Waals surface area (Å²) in [5.41, 5.74) is 0. The number of hydrogen-bond acceptors (Lipinski definition) is 3. The van der Waals surface area contributed by atoms with E-state index in [4.69, 9.17) is 0 Å². The van der Waals surface area contributed by atoms with Gasteiger partial charge in [-0.1, -0.05) is 0 Å². The van der Waals surface area contributed by atoms with E-state index in [-0.39, 0.29) is 0 Å². The zero-order chi connectivity index (χ0) is 9.23. The second-order valence-corrected chi connectivity index (χ2v) is 5.98. The molecule has 0 rings (SSSR count). The molecule has 0 aliphatic heterocycles. The fourth-order valence-electron chi connectivity index (χ4n) is 0.980. The number of rotatable bonds is 3. The van der Waals surface area contributed by atoms with Crippen molar-refractivity contribution in [3.8, 4) is 0 Å². The number of halogens is 1. The van der Waals surface area contributed by atoms with Crippen LogP contribution in [-0.4, -0.2) is 55.2 Å². The Morgan fingerprint density at radius 2 is 0.909 bits per heavy atom. The summed E-state index contributed by atoms with van der Waals surface area (Å²) in [5.74, 6) is 0. The minimum atomic E-state index is -2.39. The summed E-state index contributed by atoms with van der Waals surface area (Å²) in [5, 5.41) is 0. The second-order valence-electron chi connectivity index (χ2n) is 2.89. The number of nitrogens with zero attached hydrogens (tertiary/aromatic N) is 3. The maximum absolute atomic E-state index is 14.0. The van der Waals surface area contributed by atoms with Crippen LogP contribution in [0.25, 0.3) is 0 Å². The van der Waals surface area contributed by atoms with Gasteiger partial charge in [0.25, 0.3) is 0 Å². The van der Waals surface area contributed by atoms with Crippen molar-refractivity contribution in [3.63, 3.8) is 0 Å². The molecule has 0 amide bonds. The fraction of sp³-hybridized carbons (Fsp3) is 1.00. The molecule has 0 spiro atoms. The lowest BCUT2D eigenvalue weighted by molar-refractivity contribution is 0.443. The van der Waals surface area contributed by atoms with Crippen LogP contribution in [0.1, 0.15) is 0 Å². The minimum Gasteiger partial charge on any atom is -0.226 e. The molecule has 0 fully saturated rings. The highest BCUT2D eigenvalue weighted by Gasteiger charge is 2.31. The van der Waals surface area contributed by atoms with Crippen LogP contribution in [0.2, 0.25) is 0 Å². The zero-order valence-corrected chi connectivity index (χ0v) is 8.94. The van der Waals surface area contributed by atoms with Crippen LogP contribution in [0.5, 0.6) is 0 Å². The Kier molecular flexibility index (Phi) is 3.76. The predicted molar refractivity (Wildman–Crippen MR) is 49.8 cm³/mol. The molecule has 3 nitrogen and oxygen atoms in total. The Balaban J connectivity index is 4.53. The largest absolute Gasteiger partial charge is 0.226 e. The fourth-order valence-corrected chi connectivity index (χ4v) is 2.94. The third kappa shape index (κ3) is 2.05. The lowest BCUT2D eigenvalue weighted by Crippen LogP contribution is -2.37. The molecule has 0 unspecified atom stereocenters. The van der Waals surface area contributed by atoms with Gasteiger partial charge in [-0.3, -0.25) is 0 Å². The Labute approximate surface area is 70.8 Å². The summed E-state index contributed by atoms with van der Waals surface area (Å²) >= 11 is 0. The summed E-state index contributed by atoms with van der Waals surface area (Å²) in [6.07, 6.45) is 0. The third-order valence-corrected chi connectivity index (χ3v) is 4.18. The Morgan fingerprint density at radius 1 is 0.727 bits per heavy atom. The van der Waals surface area contributed by atoms with Gasteiger partial charge in [0.2, 0.25) is 0 Å². The van der Waals surface area contributed by atoms with Gasteiger partial charge in [0.05, 0.1) is 11.0 Å². The molecule has 0 aliphatic rings.